The van der Waals surface area contributed by atoms with Crippen molar-refractivity contribution in [1.29, 1.82) is 0 Å². The van der Waals surface area contributed by atoms with E-state index in [-0.39, 0.29) is 11.3 Å². The molecule has 0 aliphatic carbocycles. The molecule has 0 spiro atoms. The van der Waals surface area contributed by atoms with Crippen LogP contribution in [0.1, 0.15) is 24.2 Å². The van der Waals surface area contributed by atoms with Gasteiger partial charge in [0.15, 0.2) is 0 Å². The fourth-order valence-corrected chi connectivity index (χ4v) is 5.04. The minimum Gasteiger partial charge on any atom is -0.306 e. The number of benzene rings is 1. The molecular weight excluding hydrogens is 509 g/mol. The summed E-state index contributed by atoms with van der Waals surface area (Å²) in [7, 11) is -5.07. The summed E-state index contributed by atoms with van der Waals surface area (Å²) in [6, 6.07) is 5.03. The Morgan fingerprint density at radius 3 is 2.31 bits per heavy atom. The predicted octanol–water partition coefficient (Wildman–Crippen LogP) is 3.12. The summed E-state index contributed by atoms with van der Waals surface area (Å²) < 4.78 is 95.3. The highest BCUT2D eigenvalue weighted by Gasteiger charge is 2.51. The topological polar surface area (TPSA) is 114 Å². The van der Waals surface area contributed by atoms with Crippen LogP contribution in [0.3, 0.4) is 0 Å². The maximum atomic E-state index is 16.6. The molecule has 0 bridgehead atoms. The first kappa shape index (κ1) is 25.6. The van der Waals surface area contributed by atoms with Gasteiger partial charge in [-0.2, -0.15) is 17.6 Å². The molecule has 3 heterocycles. The number of hydrogen-bond acceptors (Lipinski definition) is 7. The fraction of sp³-hybridized carbons (Fsp3) is 0.273. The molecule has 0 saturated carbocycles. The summed E-state index contributed by atoms with van der Waals surface area (Å²) in [5.41, 5.74) is -2.11. The summed E-state index contributed by atoms with van der Waals surface area (Å²) in [6.07, 6.45) is -2.10. The van der Waals surface area contributed by atoms with Crippen molar-refractivity contribution in [2.24, 2.45) is 0 Å². The van der Waals surface area contributed by atoms with Gasteiger partial charge in [0, 0.05) is 11.8 Å². The van der Waals surface area contributed by atoms with Gasteiger partial charge in [-0.15, -0.1) is 0 Å². The monoisotopic (exact) mass is 527 g/mol. The first-order valence-electron chi connectivity index (χ1n) is 10.5. The molecule has 36 heavy (non-hydrogen) atoms. The Bertz CT molecular complexity index is 1360. The summed E-state index contributed by atoms with van der Waals surface area (Å²) in [5, 5.41) is 1.11. The van der Waals surface area contributed by atoms with Crippen LogP contribution in [0.25, 0.3) is 11.3 Å². The van der Waals surface area contributed by atoms with Crippen LogP contribution in [-0.4, -0.2) is 41.9 Å². The van der Waals surface area contributed by atoms with E-state index in [0.29, 0.717) is 25.5 Å². The van der Waals surface area contributed by atoms with Crippen molar-refractivity contribution in [2.75, 3.05) is 6.54 Å². The summed E-state index contributed by atoms with van der Waals surface area (Å²) in [6.45, 7) is 0.473. The van der Waals surface area contributed by atoms with Crippen LogP contribution in [0.2, 0.25) is 0 Å². The van der Waals surface area contributed by atoms with Gasteiger partial charge in [-0.25, -0.2) is 22.8 Å². The lowest BCUT2D eigenvalue weighted by molar-refractivity contribution is -0.141. The predicted molar refractivity (Wildman–Crippen MR) is 116 cm³/mol. The lowest BCUT2D eigenvalue weighted by Crippen LogP contribution is -2.53. The molecule has 2 atom stereocenters. The Hall–Kier alpha value is -3.52. The van der Waals surface area contributed by atoms with Crippen molar-refractivity contribution >= 4 is 15.7 Å². The first-order valence-corrected chi connectivity index (χ1v) is 12.0. The van der Waals surface area contributed by atoms with Gasteiger partial charge >= 0.3 is 11.3 Å². The largest absolute Gasteiger partial charge is 0.433 e. The van der Waals surface area contributed by atoms with Gasteiger partial charge in [0.05, 0.1) is 16.6 Å². The minimum atomic E-state index is -5.07. The van der Waals surface area contributed by atoms with E-state index < -0.39 is 55.2 Å². The SMILES string of the molecule is O=C(NC(F)(c1cc(-c2ccc(C(F)(F)F)nc2)ncn1)S(=O)(=O)c1ccc(F)cc1)C1CCCN1. The molecule has 1 saturated heterocycles. The third kappa shape index (κ3) is 4.91. The highest BCUT2D eigenvalue weighted by Crippen LogP contribution is 2.36. The van der Waals surface area contributed by atoms with Crippen molar-refractivity contribution in [1.82, 2.24) is 25.6 Å². The molecule has 0 radical (unpaired) electrons. The highest BCUT2D eigenvalue weighted by atomic mass is 32.2. The Morgan fingerprint density at radius 2 is 1.72 bits per heavy atom. The summed E-state index contributed by atoms with van der Waals surface area (Å²) in [4.78, 5) is 23.0. The van der Waals surface area contributed by atoms with E-state index in [1.165, 1.54) is 0 Å². The molecule has 4 rings (SSSR count). The Kier molecular flexibility index (Phi) is 6.75. The number of rotatable bonds is 6. The normalized spacial score (nSPS) is 18.0. The average Bonchev–Trinajstić information content (AvgIpc) is 3.39. The molecule has 2 aromatic heterocycles. The van der Waals surface area contributed by atoms with E-state index in [2.05, 4.69) is 20.3 Å². The van der Waals surface area contributed by atoms with Crippen molar-refractivity contribution in [2.45, 2.75) is 35.1 Å². The van der Waals surface area contributed by atoms with Crippen molar-refractivity contribution in [3.63, 3.8) is 0 Å². The number of hydrogen-bond donors (Lipinski definition) is 2. The van der Waals surface area contributed by atoms with Gasteiger partial charge in [-0.3, -0.25) is 9.78 Å². The number of aromatic nitrogens is 3. The maximum absolute atomic E-state index is 16.6. The van der Waals surface area contributed by atoms with E-state index in [0.717, 1.165) is 48.9 Å². The molecule has 2 N–H and O–H groups in total. The number of halogens is 5. The van der Waals surface area contributed by atoms with Gasteiger partial charge in [-0.05, 0) is 61.9 Å². The molecule has 2 unspecified atom stereocenters. The number of nitrogens with zero attached hydrogens (tertiary/aromatic N) is 3. The Labute approximate surface area is 201 Å². The Balaban J connectivity index is 1.79. The van der Waals surface area contributed by atoms with E-state index in [1.54, 1.807) is 0 Å². The van der Waals surface area contributed by atoms with Crippen molar-refractivity contribution in [3.05, 3.63) is 72.2 Å². The van der Waals surface area contributed by atoms with E-state index >= 15 is 4.39 Å². The maximum Gasteiger partial charge on any atom is 0.433 e. The molecular formula is C22H18F5N5O3S. The van der Waals surface area contributed by atoms with Crippen LogP contribution >= 0.6 is 0 Å². The molecule has 14 heteroatoms. The standard InChI is InChI=1S/C22H18F5N5O3S/c23-14-4-6-15(7-5-14)36(34,35)22(27,32-20(33)16-2-1-9-28-16)19-10-17(30-12-31-19)13-3-8-18(29-11-13)21(24,25)26/h3-8,10-12,16,28H,1-2,9H2,(H,32,33). The minimum absolute atomic E-state index is 0.0111. The first-order chi connectivity index (χ1) is 16.9. The number of alkyl halides is 4. The van der Waals surface area contributed by atoms with Gasteiger partial charge in [0.1, 0.15) is 23.5 Å². The van der Waals surface area contributed by atoms with Crippen LogP contribution in [0.4, 0.5) is 22.0 Å². The van der Waals surface area contributed by atoms with Gasteiger partial charge in [0.2, 0.25) is 15.7 Å². The Morgan fingerprint density at radius 1 is 1.00 bits per heavy atom. The zero-order valence-electron chi connectivity index (χ0n) is 18.3. The van der Waals surface area contributed by atoms with Crippen LogP contribution in [0, 0.1) is 5.82 Å². The lowest BCUT2D eigenvalue weighted by Gasteiger charge is -2.27. The number of pyridine rings is 1. The molecule has 1 amide bonds. The third-order valence-electron chi connectivity index (χ3n) is 5.50. The number of carbonyl (C=O) groups excluding carboxylic acids is 1. The summed E-state index contributed by atoms with van der Waals surface area (Å²) in [5.74, 6) is -1.71. The van der Waals surface area contributed by atoms with Crippen molar-refractivity contribution in [3.8, 4) is 11.3 Å². The second-order valence-corrected chi connectivity index (χ2v) is 9.95. The molecule has 3 aromatic rings. The zero-order valence-corrected chi connectivity index (χ0v) is 19.1. The third-order valence-corrected chi connectivity index (χ3v) is 7.45. The molecule has 1 aromatic carbocycles. The van der Waals surface area contributed by atoms with Crippen LogP contribution in [0.15, 0.2) is 59.9 Å². The smallest absolute Gasteiger partial charge is 0.306 e. The van der Waals surface area contributed by atoms with E-state index in [4.69, 9.17) is 0 Å². The van der Waals surface area contributed by atoms with Gasteiger partial charge in [0.25, 0.3) is 0 Å². The van der Waals surface area contributed by atoms with Gasteiger partial charge in [-0.1, -0.05) is 0 Å². The molecule has 190 valence electrons. The molecule has 1 fully saturated rings. The highest BCUT2D eigenvalue weighted by molar-refractivity contribution is 7.92. The van der Waals surface area contributed by atoms with E-state index in [9.17, 15) is 30.8 Å². The van der Waals surface area contributed by atoms with Crippen LogP contribution < -0.4 is 10.6 Å². The van der Waals surface area contributed by atoms with Crippen LogP contribution in [0.5, 0.6) is 0 Å². The van der Waals surface area contributed by atoms with Crippen molar-refractivity contribution < 1.29 is 35.2 Å². The van der Waals surface area contributed by atoms with E-state index in [1.807, 2.05) is 5.32 Å². The average molecular weight is 527 g/mol. The fourth-order valence-electron chi connectivity index (χ4n) is 3.60. The number of amides is 1. The lowest BCUT2D eigenvalue weighted by atomic mass is 10.1. The molecule has 1 aliphatic heterocycles. The molecule has 1 aliphatic rings. The quantitative estimate of drug-likeness (QED) is 0.288. The summed E-state index contributed by atoms with van der Waals surface area (Å²) >= 11 is 0. The molecule has 8 nitrogen and oxygen atoms in total. The second kappa shape index (κ2) is 9.50. The number of sulfone groups is 1. The van der Waals surface area contributed by atoms with Crippen LogP contribution in [-0.2, 0) is 25.9 Å². The zero-order chi connectivity index (χ0) is 26.1. The van der Waals surface area contributed by atoms with Gasteiger partial charge < -0.3 is 10.6 Å². The second-order valence-electron chi connectivity index (χ2n) is 7.91. The number of carbonyl (C=O) groups is 1. The number of nitrogens with one attached hydrogen (secondary N) is 2.